The summed E-state index contributed by atoms with van der Waals surface area (Å²) >= 11 is 0. The third kappa shape index (κ3) is 6.80. The van der Waals surface area contributed by atoms with Gasteiger partial charge in [0.2, 0.25) is 0 Å². The highest BCUT2D eigenvalue weighted by Gasteiger charge is 2.27. The molecular weight excluding hydrogens is 873 g/mol. The number of aryl methyl sites for hydroxylation is 4. The van der Waals surface area contributed by atoms with Crippen LogP contribution in [0.5, 0.6) is 0 Å². The number of aromatic carboxylic acids is 2. The van der Waals surface area contributed by atoms with Gasteiger partial charge in [-0.15, -0.1) is 0 Å². The molecule has 4 N–H and O–H groups in total. The minimum Gasteiger partial charge on any atom is -0.477 e. The Morgan fingerprint density at radius 2 is 0.786 bits per heavy atom. The van der Waals surface area contributed by atoms with Crippen molar-refractivity contribution in [3.63, 3.8) is 0 Å². The highest BCUT2D eigenvalue weighted by Crippen LogP contribution is 2.44. The molecule has 0 saturated heterocycles. The van der Waals surface area contributed by atoms with E-state index in [2.05, 4.69) is 87.5 Å². The van der Waals surface area contributed by atoms with E-state index in [-0.39, 0.29) is 11.4 Å². The van der Waals surface area contributed by atoms with Gasteiger partial charge in [-0.3, -0.25) is 0 Å². The first-order valence-electron chi connectivity index (χ1n) is 23.9. The maximum Gasteiger partial charge on any atom is 0.354 e. The van der Waals surface area contributed by atoms with Crippen LogP contribution >= 0.6 is 0 Å². The molecule has 346 valence electrons. The van der Waals surface area contributed by atoms with E-state index in [1.165, 1.54) is 12.1 Å². The lowest BCUT2D eigenvalue weighted by atomic mass is 9.97. The Balaban J connectivity index is 1.30. The second-order valence-electron chi connectivity index (χ2n) is 18.2. The SMILES string of the molecule is CCC1=C(C)c2nc1cc1[nH]c(c(C)c1CC)c(-c1ccc3ccc4ccc(C(=O)O)nc4c3n1)c1nc(cc3[nH]c(c(C)c3CC)c2-c2ccc3ccc4ccc(C(=O)O)nc4c3n2)C(CC)=C1C. The zero-order valence-corrected chi connectivity index (χ0v) is 40.3. The van der Waals surface area contributed by atoms with Crippen LogP contribution in [0.2, 0.25) is 0 Å². The zero-order chi connectivity index (χ0) is 48.9. The molecule has 8 bridgehead atoms. The van der Waals surface area contributed by atoms with Gasteiger partial charge in [0.25, 0.3) is 0 Å². The predicted molar refractivity (Wildman–Crippen MR) is 281 cm³/mol. The summed E-state index contributed by atoms with van der Waals surface area (Å²) in [7, 11) is 0. The summed E-state index contributed by atoms with van der Waals surface area (Å²) in [5.41, 5.74) is 21.0. The molecule has 0 spiro atoms. The number of hydrogen-bond donors (Lipinski definition) is 4. The normalized spacial score (nSPS) is 12.9. The number of carboxylic acid groups (broad SMARTS) is 2. The summed E-state index contributed by atoms with van der Waals surface area (Å²) in [5.74, 6) is -2.20. The number of hydrogen-bond acceptors (Lipinski definition) is 8. The minimum atomic E-state index is -1.10. The summed E-state index contributed by atoms with van der Waals surface area (Å²) < 4.78 is 0. The molecule has 0 radical (unpaired) electrons. The van der Waals surface area contributed by atoms with Crippen LogP contribution in [0.15, 0.2) is 84.9 Å². The van der Waals surface area contributed by atoms with Gasteiger partial charge in [0, 0.05) is 43.7 Å². The molecule has 7 aromatic heterocycles. The average molecular weight is 923 g/mol. The molecule has 9 heterocycles. The Hall–Kier alpha value is -8.38. The van der Waals surface area contributed by atoms with Gasteiger partial charge in [-0.1, -0.05) is 76.2 Å². The van der Waals surface area contributed by atoms with Gasteiger partial charge in [-0.2, -0.15) is 0 Å². The number of benzene rings is 2. The monoisotopic (exact) mass is 922 g/mol. The molecule has 2 aliphatic rings. The topological polar surface area (TPSA) is 184 Å². The van der Waals surface area contributed by atoms with Gasteiger partial charge >= 0.3 is 11.9 Å². The lowest BCUT2D eigenvalue weighted by molar-refractivity contribution is 0.0680. The number of aromatic nitrogens is 8. The number of carbonyl (C=O) groups is 2. The molecule has 9 aromatic rings. The smallest absolute Gasteiger partial charge is 0.354 e. The standard InChI is InChI=1S/C58H50N8O4/c1-9-35-27(5)49-47(39-21-17-31-13-15-33-19-23-41(57(67)68)61-55(33)53(31)59-39)50-29(7)37(11-3)45(65-50)26-46-38(12-4)30(8)52(66-46)48(51-28(6)36(10-2)44(64-51)25-43(35)63-49)40-22-18-32-14-16-34-20-24-42(58(69)70)62-56(34)54(32)60-40/h13-26,63,66H,9-12H2,1-8H3,(H,67,68)(H,69,70). The minimum absolute atomic E-state index is 0.0424. The molecular formula is C58H50N8O4. The maximum absolute atomic E-state index is 12.1. The summed E-state index contributed by atoms with van der Waals surface area (Å²) in [5, 5.41) is 23.2. The molecule has 0 fully saturated rings. The van der Waals surface area contributed by atoms with Crippen LogP contribution in [-0.4, -0.2) is 62.0 Å². The first kappa shape index (κ1) is 44.1. The van der Waals surface area contributed by atoms with E-state index in [0.717, 1.165) is 148 Å². The van der Waals surface area contributed by atoms with Crippen molar-refractivity contribution in [2.24, 2.45) is 0 Å². The number of nitrogens with one attached hydrogen (secondary N) is 2. The molecule has 2 aliphatic heterocycles. The Morgan fingerprint density at radius 3 is 1.13 bits per heavy atom. The fraction of sp³-hybridized carbons (Fsp3) is 0.207. The number of fused-ring (bicyclic) bond motifs is 14. The lowest BCUT2D eigenvalue weighted by Crippen LogP contribution is -2.00. The fourth-order valence-corrected chi connectivity index (χ4v) is 10.9. The summed E-state index contributed by atoms with van der Waals surface area (Å²) in [4.78, 5) is 63.2. The number of H-pyrrole nitrogens is 2. The van der Waals surface area contributed by atoms with Crippen LogP contribution in [0.1, 0.15) is 120 Å². The highest BCUT2D eigenvalue weighted by atomic mass is 16.4. The van der Waals surface area contributed by atoms with E-state index < -0.39 is 11.9 Å². The number of nitrogens with zero attached hydrogens (tertiary/aromatic N) is 6. The molecule has 0 unspecified atom stereocenters. The number of carboxylic acids is 2. The largest absolute Gasteiger partial charge is 0.477 e. The van der Waals surface area contributed by atoms with Crippen molar-refractivity contribution in [2.45, 2.75) is 81.1 Å². The molecule has 0 aliphatic carbocycles. The number of allylic oxidation sites excluding steroid dienone is 4. The Bertz CT molecular complexity index is 3800. The van der Waals surface area contributed by atoms with Crippen molar-refractivity contribution in [3.05, 3.63) is 141 Å². The fourth-order valence-electron chi connectivity index (χ4n) is 10.9. The molecule has 70 heavy (non-hydrogen) atoms. The quantitative estimate of drug-likeness (QED) is 0.107. The predicted octanol–water partition coefficient (Wildman–Crippen LogP) is 13.7. The van der Waals surface area contributed by atoms with E-state index in [0.29, 0.717) is 33.5 Å². The molecule has 0 atom stereocenters. The van der Waals surface area contributed by atoms with Gasteiger partial charge in [0.05, 0.1) is 67.3 Å². The Labute approximate surface area is 403 Å². The maximum atomic E-state index is 12.1. The highest BCUT2D eigenvalue weighted by molar-refractivity contribution is 6.09. The van der Waals surface area contributed by atoms with Gasteiger partial charge in [-0.25, -0.2) is 39.5 Å². The van der Waals surface area contributed by atoms with Crippen LogP contribution in [0.4, 0.5) is 0 Å². The van der Waals surface area contributed by atoms with Crippen molar-refractivity contribution < 1.29 is 19.8 Å². The van der Waals surface area contributed by atoms with E-state index >= 15 is 0 Å². The second kappa shape index (κ2) is 16.7. The second-order valence-corrected chi connectivity index (χ2v) is 18.2. The Morgan fingerprint density at radius 1 is 0.443 bits per heavy atom. The molecule has 11 rings (SSSR count). The van der Waals surface area contributed by atoms with Crippen molar-refractivity contribution >= 4 is 99.9 Å². The van der Waals surface area contributed by atoms with E-state index in [9.17, 15) is 19.8 Å². The average Bonchev–Trinajstić information content (AvgIpc) is 4.06. The number of pyridine rings is 4. The number of rotatable bonds is 8. The van der Waals surface area contributed by atoms with Gasteiger partial charge in [-0.05, 0) is 134 Å². The van der Waals surface area contributed by atoms with E-state index in [1.807, 2.05) is 48.5 Å². The van der Waals surface area contributed by atoms with Crippen molar-refractivity contribution in [2.75, 3.05) is 0 Å². The number of aromatic amines is 2. The molecule has 12 heteroatoms. The summed E-state index contributed by atoms with van der Waals surface area (Å²) in [6.45, 7) is 17.3. The van der Waals surface area contributed by atoms with Crippen LogP contribution in [0, 0.1) is 13.8 Å². The van der Waals surface area contributed by atoms with Gasteiger partial charge in [0.1, 0.15) is 11.4 Å². The van der Waals surface area contributed by atoms with E-state index in [1.54, 1.807) is 12.1 Å². The first-order chi connectivity index (χ1) is 33.8. The van der Waals surface area contributed by atoms with Gasteiger partial charge < -0.3 is 20.2 Å². The van der Waals surface area contributed by atoms with Crippen molar-refractivity contribution in [1.29, 1.82) is 0 Å². The molecule has 0 saturated carbocycles. The first-order valence-corrected chi connectivity index (χ1v) is 23.9. The molecule has 2 aromatic carbocycles. The summed E-state index contributed by atoms with van der Waals surface area (Å²) in [6.07, 6.45) is 2.95. The van der Waals surface area contributed by atoms with Crippen LogP contribution in [0.25, 0.3) is 110 Å². The third-order valence-corrected chi connectivity index (χ3v) is 14.5. The summed E-state index contributed by atoms with van der Waals surface area (Å²) in [6, 6.07) is 27.0. The van der Waals surface area contributed by atoms with Crippen LogP contribution in [0.3, 0.4) is 0 Å². The van der Waals surface area contributed by atoms with Crippen molar-refractivity contribution in [3.8, 4) is 22.5 Å². The third-order valence-electron chi connectivity index (χ3n) is 14.5. The lowest BCUT2D eigenvalue weighted by Gasteiger charge is -2.10. The molecule has 0 amide bonds. The Kier molecular flexibility index (Phi) is 10.5. The van der Waals surface area contributed by atoms with Crippen LogP contribution < -0.4 is 0 Å². The molecule has 12 nitrogen and oxygen atoms in total. The zero-order valence-electron chi connectivity index (χ0n) is 40.3. The van der Waals surface area contributed by atoms with Crippen LogP contribution in [-0.2, 0) is 12.8 Å². The van der Waals surface area contributed by atoms with E-state index in [4.69, 9.17) is 19.9 Å². The van der Waals surface area contributed by atoms with Gasteiger partial charge in [0.15, 0.2) is 0 Å². The van der Waals surface area contributed by atoms with Crippen molar-refractivity contribution in [1.82, 2.24) is 39.9 Å².